The Morgan fingerprint density at radius 1 is 1.36 bits per heavy atom. The van der Waals surface area contributed by atoms with Crippen LogP contribution in [-0.2, 0) is 0 Å². The van der Waals surface area contributed by atoms with Gasteiger partial charge in [-0.25, -0.2) is 0 Å². The molecule has 0 aliphatic heterocycles. The second kappa shape index (κ2) is 2.09. The molecule has 0 radical (unpaired) electrons. The standard InChI is InChI=1S/C9H10N2/c1-7-5-8(2)11-4-3-10-6-9(7)11/h3-6H,1-2H3. The smallest absolute Gasteiger partial charge is 0.0666 e. The van der Waals surface area contributed by atoms with E-state index < -0.39 is 0 Å². The summed E-state index contributed by atoms with van der Waals surface area (Å²) in [6, 6.07) is 2.16. The van der Waals surface area contributed by atoms with Gasteiger partial charge in [-0.05, 0) is 25.5 Å². The van der Waals surface area contributed by atoms with Crippen LogP contribution in [0.1, 0.15) is 11.3 Å². The fourth-order valence-corrected chi connectivity index (χ4v) is 1.42. The van der Waals surface area contributed by atoms with Crippen LogP contribution in [0.5, 0.6) is 0 Å². The van der Waals surface area contributed by atoms with Gasteiger partial charge in [0.1, 0.15) is 0 Å². The van der Waals surface area contributed by atoms with E-state index in [1.165, 1.54) is 16.8 Å². The SMILES string of the molecule is Cc1cc(C)n2ccncc12. The molecule has 0 amide bonds. The van der Waals surface area contributed by atoms with Crippen molar-refractivity contribution in [3.8, 4) is 0 Å². The molecule has 0 N–H and O–H groups in total. The molecule has 56 valence electrons. The zero-order valence-corrected chi connectivity index (χ0v) is 6.70. The van der Waals surface area contributed by atoms with E-state index in [0.29, 0.717) is 0 Å². The van der Waals surface area contributed by atoms with Gasteiger partial charge < -0.3 is 4.40 Å². The van der Waals surface area contributed by atoms with E-state index in [1.807, 2.05) is 12.4 Å². The van der Waals surface area contributed by atoms with E-state index in [0.717, 1.165) is 0 Å². The number of rotatable bonds is 0. The minimum Gasteiger partial charge on any atom is -0.318 e. The van der Waals surface area contributed by atoms with Crippen molar-refractivity contribution in [1.29, 1.82) is 0 Å². The van der Waals surface area contributed by atoms with Crippen LogP contribution in [-0.4, -0.2) is 9.38 Å². The van der Waals surface area contributed by atoms with Gasteiger partial charge in [0.25, 0.3) is 0 Å². The number of aromatic nitrogens is 2. The number of hydrogen-bond acceptors (Lipinski definition) is 1. The average molecular weight is 146 g/mol. The molecule has 2 nitrogen and oxygen atoms in total. The summed E-state index contributed by atoms with van der Waals surface area (Å²) in [6.45, 7) is 4.20. The van der Waals surface area contributed by atoms with E-state index in [4.69, 9.17) is 0 Å². The molecule has 0 unspecified atom stereocenters. The maximum atomic E-state index is 4.07. The molecule has 0 bridgehead atoms. The van der Waals surface area contributed by atoms with Crippen molar-refractivity contribution in [2.24, 2.45) is 0 Å². The number of hydrogen-bond donors (Lipinski definition) is 0. The Labute approximate surface area is 65.5 Å². The Morgan fingerprint density at radius 3 is 2.91 bits per heavy atom. The Kier molecular flexibility index (Phi) is 1.22. The summed E-state index contributed by atoms with van der Waals surface area (Å²) in [5.41, 5.74) is 3.75. The van der Waals surface area contributed by atoms with Crippen LogP contribution in [0.2, 0.25) is 0 Å². The van der Waals surface area contributed by atoms with Gasteiger partial charge in [-0.1, -0.05) is 0 Å². The average Bonchev–Trinajstić information content (AvgIpc) is 2.30. The summed E-state index contributed by atoms with van der Waals surface area (Å²) in [5, 5.41) is 0. The highest BCUT2D eigenvalue weighted by atomic mass is 14.9. The first-order valence-corrected chi connectivity index (χ1v) is 3.67. The molecule has 0 aliphatic carbocycles. The first-order chi connectivity index (χ1) is 5.29. The fourth-order valence-electron chi connectivity index (χ4n) is 1.42. The van der Waals surface area contributed by atoms with Crippen molar-refractivity contribution in [1.82, 2.24) is 9.38 Å². The summed E-state index contributed by atoms with van der Waals surface area (Å²) >= 11 is 0. The lowest BCUT2D eigenvalue weighted by Gasteiger charge is -1.94. The lowest BCUT2D eigenvalue weighted by atomic mass is 10.3. The molecular weight excluding hydrogens is 136 g/mol. The normalized spacial score (nSPS) is 10.7. The zero-order chi connectivity index (χ0) is 7.84. The predicted octanol–water partition coefficient (Wildman–Crippen LogP) is 1.95. The zero-order valence-electron chi connectivity index (χ0n) is 6.70. The predicted molar refractivity (Wildman–Crippen MR) is 44.7 cm³/mol. The Bertz CT molecular complexity index is 351. The van der Waals surface area contributed by atoms with Gasteiger partial charge in [0.2, 0.25) is 0 Å². The monoisotopic (exact) mass is 146 g/mol. The van der Waals surface area contributed by atoms with E-state index >= 15 is 0 Å². The second-order valence-electron chi connectivity index (χ2n) is 2.80. The fraction of sp³-hybridized carbons (Fsp3) is 0.222. The highest BCUT2D eigenvalue weighted by Crippen LogP contribution is 2.13. The third-order valence-electron chi connectivity index (χ3n) is 1.97. The van der Waals surface area contributed by atoms with Gasteiger partial charge in [-0.15, -0.1) is 0 Å². The van der Waals surface area contributed by atoms with Crippen LogP contribution in [0.15, 0.2) is 24.7 Å². The van der Waals surface area contributed by atoms with E-state index in [1.54, 1.807) is 6.20 Å². The first-order valence-electron chi connectivity index (χ1n) is 3.67. The Hall–Kier alpha value is -1.31. The van der Waals surface area contributed by atoms with Crippen molar-refractivity contribution in [3.63, 3.8) is 0 Å². The molecule has 0 saturated heterocycles. The Balaban J connectivity index is 2.95. The maximum absolute atomic E-state index is 4.07. The molecular formula is C9H10N2. The number of aryl methyl sites for hydroxylation is 2. The molecule has 2 aromatic rings. The summed E-state index contributed by atoms with van der Waals surface area (Å²) < 4.78 is 2.14. The molecule has 0 spiro atoms. The van der Waals surface area contributed by atoms with Crippen molar-refractivity contribution < 1.29 is 0 Å². The summed E-state index contributed by atoms with van der Waals surface area (Å²) in [7, 11) is 0. The highest BCUT2D eigenvalue weighted by molar-refractivity contribution is 5.54. The second-order valence-corrected chi connectivity index (χ2v) is 2.80. The molecule has 11 heavy (non-hydrogen) atoms. The van der Waals surface area contributed by atoms with Crippen LogP contribution < -0.4 is 0 Å². The van der Waals surface area contributed by atoms with Gasteiger partial charge in [0.05, 0.1) is 11.7 Å². The minimum atomic E-state index is 1.20. The molecule has 2 heterocycles. The van der Waals surface area contributed by atoms with Crippen LogP contribution in [0.4, 0.5) is 0 Å². The van der Waals surface area contributed by atoms with Crippen LogP contribution in [0.25, 0.3) is 5.52 Å². The van der Waals surface area contributed by atoms with Crippen molar-refractivity contribution in [2.75, 3.05) is 0 Å². The van der Waals surface area contributed by atoms with E-state index in [-0.39, 0.29) is 0 Å². The summed E-state index contributed by atoms with van der Waals surface area (Å²) in [4.78, 5) is 4.07. The largest absolute Gasteiger partial charge is 0.318 e. The molecule has 2 aromatic heterocycles. The highest BCUT2D eigenvalue weighted by Gasteiger charge is 1.99. The lowest BCUT2D eigenvalue weighted by Crippen LogP contribution is -1.85. The molecule has 0 fully saturated rings. The topological polar surface area (TPSA) is 17.3 Å². The third kappa shape index (κ3) is 0.827. The van der Waals surface area contributed by atoms with Crippen LogP contribution >= 0.6 is 0 Å². The molecule has 0 saturated carbocycles. The Morgan fingerprint density at radius 2 is 2.18 bits per heavy atom. The van der Waals surface area contributed by atoms with Gasteiger partial charge in [0.15, 0.2) is 0 Å². The van der Waals surface area contributed by atoms with Gasteiger partial charge in [-0.2, -0.15) is 0 Å². The number of fused-ring (bicyclic) bond motifs is 1. The van der Waals surface area contributed by atoms with Crippen LogP contribution in [0.3, 0.4) is 0 Å². The maximum Gasteiger partial charge on any atom is 0.0666 e. The van der Waals surface area contributed by atoms with Gasteiger partial charge in [0, 0.05) is 18.1 Å². The summed E-state index contributed by atoms with van der Waals surface area (Å²) in [5.74, 6) is 0. The molecule has 0 atom stereocenters. The number of nitrogens with zero attached hydrogens (tertiary/aromatic N) is 2. The van der Waals surface area contributed by atoms with E-state index in [2.05, 4.69) is 29.3 Å². The lowest BCUT2D eigenvalue weighted by molar-refractivity contribution is 1.08. The van der Waals surface area contributed by atoms with Crippen molar-refractivity contribution in [3.05, 3.63) is 35.9 Å². The van der Waals surface area contributed by atoms with Gasteiger partial charge in [-0.3, -0.25) is 4.98 Å². The quantitative estimate of drug-likeness (QED) is 0.555. The van der Waals surface area contributed by atoms with Crippen LogP contribution in [0, 0.1) is 13.8 Å². The molecule has 2 rings (SSSR count). The molecule has 0 aliphatic rings. The summed E-state index contributed by atoms with van der Waals surface area (Å²) in [6.07, 6.45) is 5.68. The van der Waals surface area contributed by atoms with Gasteiger partial charge >= 0.3 is 0 Å². The molecule has 0 aromatic carbocycles. The first kappa shape index (κ1) is 6.40. The minimum absolute atomic E-state index is 1.20. The van der Waals surface area contributed by atoms with Crippen molar-refractivity contribution in [2.45, 2.75) is 13.8 Å². The van der Waals surface area contributed by atoms with Crippen molar-refractivity contribution >= 4 is 5.52 Å². The molecule has 2 heteroatoms. The van der Waals surface area contributed by atoms with E-state index in [9.17, 15) is 0 Å². The third-order valence-corrected chi connectivity index (χ3v) is 1.97.